The number of aryl methyl sites for hydroxylation is 1. The Kier molecular flexibility index (Phi) is 10.3. The van der Waals surface area contributed by atoms with Crippen LogP contribution in [0.2, 0.25) is 10.0 Å². The van der Waals surface area contributed by atoms with E-state index in [1.54, 1.807) is 48.5 Å². The Morgan fingerprint density at radius 3 is 2.36 bits per heavy atom. The number of hydrazone groups is 1. The maximum absolute atomic E-state index is 13.7. The average molecular weight is 646 g/mol. The van der Waals surface area contributed by atoms with Gasteiger partial charge in [-0.05, 0) is 99.8 Å². The van der Waals surface area contributed by atoms with Crippen LogP contribution in [0.1, 0.15) is 23.9 Å². The molecule has 0 radical (unpaired) electrons. The first-order valence-electron chi connectivity index (χ1n) is 12.9. The van der Waals surface area contributed by atoms with Crippen LogP contribution in [0.25, 0.3) is 5.69 Å². The molecule has 0 saturated carbocycles. The number of ether oxygens (including phenoxy) is 1. The van der Waals surface area contributed by atoms with Crippen LogP contribution in [-0.2, 0) is 14.8 Å². The van der Waals surface area contributed by atoms with Crippen LogP contribution in [0.3, 0.4) is 0 Å². The highest BCUT2D eigenvalue weighted by atomic mass is 35.5. The van der Waals surface area contributed by atoms with Crippen LogP contribution >= 0.6 is 35.0 Å². The van der Waals surface area contributed by atoms with Gasteiger partial charge >= 0.3 is 0 Å². The summed E-state index contributed by atoms with van der Waals surface area (Å²) in [6.45, 7) is 5.68. The second kappa shape index (κ2) is 13.7. The molecule has 42 heavy (non-hydrogen) atoms. The number of hydrogen-bond acceptors (Lipinski definition) is 6. The normalized spacial score (nSPS) is 11.6. The number of anilines is 1. The number of nitrogens with one attached hydrogen (secondary N) is 1. The van der Waals surface area contributed by atoms with Gasteiger partial charge in [0.25, 0.3) is 15.9 Å². The van der Waals surface area contributed by atoms with E-state index in [0.29, 0.717) is 28.1 Å². The molecule has 0 fully saturated rings. The molecular formula is C30H30Cl2N4O4S2. The second-order valence-electron chi connectivity index (χ2n) is 9.16. The van der Waals surface area contributed by atoms with Crippen molar-refractivity contribution in [2.75, 3.05) is 23.7 Å². The lowest BCUT2D eigenvalue weighted by molar-refractivity contribution is -0.119. The summed E-state index contributed by atoms with van der Waals surface area (Å²) in [4.78, 5) is 14.0. The smallest absolute Gasteiger partial charge is 0.264 e. The quantitative estimate of drug-likeness (QED) is 0.109. The Bertz CT molecular complexity index is 1700. The van der Waals surface area contributed by atoms with Crippen LogP contribution in [0, 0.1) is 13.8 Å². The number of sulfonamides is 1. The summed E-state index contributed by atoms with van der Waals surface area (Å²) in [5.74, 6) is -0.0199. The summed E-state index contributed by atoms with van der Waals surface area (Å²) in [6, 6.07) is 20.2. The zero-order valence-corrected chi connectivity index (χ0v) is 26.6. The summed E-state index contributed by atoms with van der Waals surface area (Å²) < 4.78 is 35.9. The lowest BCUT2D eigenvalue weighted by Gasteiger charge is -2.24. The van der Waals surface area contributed by atoms with E-state index >= 15 is 0 Å². The van der Waals surface area contributed by atoms with Crippen molar-refractivity contribution >= 4 is 62.8 Å². The third-order valence-electron chi connectivity index (χ3n) is 6.38. The largest absolute Gasteiger partial charge is 0.494 e. The number of aromatic nitrogens is 1. The summed E-state index contributed by atoms with van der Waals surface area (Å²) in [5, 5.41) is 5.15. The van der Waals surface area contributed by atoms with Gasteiger partial charge in [0.05, 0.1) is 34.1 Å². The van der Waals surface area contributed by atoms with Crippen molar-refractivity contribution in [2.45, 2.75) is 30.6 Å². The fourth-order valence-corrected chi connectivity index (χ4v) is 6.68. The molecule has 0 unspecified atom stereocenters. The molecule has 0 bridgehead atoms. The van der Waals surface area contributed by atoms with Crippen molar-refractivity contribution in [3.05, 3.63) is 99.8 Å². The number of halogens is 2. The maximum Gasteiger partial charge on any atom is 0.264 e. The van der Waals surface area contributed by atoms with Crippen molar-refractivity contribution < 1.29 is 17.9 Å². The molecule has 0 saturated heterocycles. The average Bonchev–Trinajstić information content (AvgIpc) is 3.24. The summed E-state index contributed by atoms with van der Waals surface area (Å²) in [7, 11) is -4.08. The van der Waals surface area contributed by atoms with Crippen LogP contribution in [0.5, 0.6) is 5.75 Å². The van der Waals surface area contributed by atoms with Gasteiger partial charge in [-0.15, -0.1) is 11.8 Å². The fourth-order valence-electron chi connectivity index (χ4n) is 4.36. The van der Waals surface area contributed by atoms with Crippen LogP contribution in [0.4, 0.5) is 5.69 Å². The molecule has 1 amide bonds. The first-order valence-corrected chi connectivity index (χ1v) is 16.3. The molecule has 1 heterocycles. The summed E-state index contributed by atoms with van der Waals surface area (Å²) in [6.07, 6.45) is 3.42. The predicted octanol–water partition coefficient (Wildman–Crippen LogP) is 6.87. The van der Waals surface area contributed by atoms with Gasteiger partial charge in [-0.3, -0.25) is 9.10 Å². The van der Waals surface area contributed by atoms with Crippen molar-refractivity contribution in [3.8, 4) is 11.4 Å². The molecule has 1 aromatic heterocycles. The molecule has 0 atom stereocenters. The first kappa shape index (κ1) is 31.5. The van der Waals surface area contributed by atoms with Gasteiger partial charge in [0.15, 0.2) is 0 Å². The number of thioether (sulfide) groups is 1. The monoisotopic (exact) mass is 644 g/mol. The molecule has 220 valence electrons. The standard InChI is InChI=1S/C30H30Cl2N4O4S2/c1-5-40-25-9-7-24(8-10-25)35(42(38,39)27-13-11-26(41-4)12-14-27)19-30(37)34-33-18-22-16-20(2)36(21(22)3)29-15-6-23(31)17-28(29)32/h6-18H,5,19H2,1-4H3,(H,34,37)/b33-18-. The van der Waals surface area contributed by atoms with Crippen molar-refractivity contribution in [1.82, 2.24) is 9.99 Å². The topological polar surface area (TPSA) is 93.0 Å². The minimum absolute atomic E-state index is 0.0683. The number of carbonyl (C=O) groups is 1. The third-order valence-corrected chi connectivity index (χ3v) is 9.45. The van der Waals surface area contributed by atoms with Gasteiger partial charge in [0.1, 0.15) is 12.3 Å². The molecule has 0 aliphatic heterocycles. The van der Waals surface area contributed by atoms with Crippen LogP contribution in [0.15, 0.2) is 87.7 Å². The van der Waals surface area contributed by atoms with E-state index < -0.39 is 22.5 Å². The van der Waals surface area contributed by atoms with Gasteiger partial charge in [-0.1, -0.05) is 23.2 Å². The fraction of sp³-hybridized carbons (Fsp3) is 0.200. The highest BCUT2D eigenvalue weighted by Crippen LogP contribution is 2.29. The summed E-state index contributed by atoms with van der Waals surface area (Å²) in [5.41, 5.74) is 6.05. The molecule has 0 aliphatic carbocycles. The lowest BCUT2D eigenvalue weighted by atomic mass is 10.2. The molecule has 4 aromatic rings. The van der Waals surface area contributed by atoms with Crippen molar-refractivity contribution in [2.24, 2.45) is 5.10 Å². The number of amides is 1. The number of nitrogens with zero attached hydrogens (tertiary/aromatic N) is 3. The van der Waals surface area contributed by atoms with E-state index in [1.807, 2.05) is 43.7 Å². The molecule has 12 heteroatoms. The van der Waals surface area contributed by atoms with Crippen LogP contribution in [-0.4, -0.2) is 44.5 Å². The maximum atomic E-state index is 13.7. The molecular weight excluding hydrogens is 615 g/mol. The zero-order valence-electron chi connectivity index (χ0n) is 23.5. The Morgan fingerprint density at radius 2 is 1.74 bits per heavy atom. The first-order chi connectivity index (χ1) is 20.0. The summed E-state index contributed by atoms with van der Waals surface area (Å²) >= 11 is 14.0. The second-order valence-corrected chi connectivity index (χ2v) is 12.8. The van der Waals surface area contributed by atoms with E-state index in [2.05, 4.69) is 10.5 Å². The number of carbonyl (C=O) groups excluding carboxylic acids is 1. The van der Waals surface area contributed by atoms with E-state index in [4.69, 9.17) is 27.9 Å². The van der Waals surface area contributed by atoms with E-state index in [-0.39, 0.29) is 4.90 Å². The Morgan fingerprint density at radius 1 is 1.05 bits per heavy atom. The minimum Gasteiger partial charge on any atom is -0.494 e. The van der Waals surface area contributed by atoms with E-state index in [9.17, 15) is 13.2 Å². The molecule has 8 nitrogen and oxygen atoms in total. The highest BCUT2D eigenvalue weighted by molar-refractivity contribution is 7.98. The third kappa shape index (κ3) is 7.12. The van der Waals surface area contributed by atoms with Crippen molar-refractivity contribution in [3.63, 3.8) is 0 Å². The van der Waals surface area contributed by atoms with Gasteiger partial charge in [-0.2, -0.15) is 5.10 Å². The van der Waals surface area contributed by atoms with Gasteiger partial charge < -0.3 is 9.30 Å². The van der Waals surface area contributed by atoms with Gasteiger partial charge in [0, 0.05) is 26.9 Å². The van der Waals surface area contributed by atoms with Crippen molar-refractivity contribution in [1.29, 1.82) is 0 Å². The molecule has 1 N–H and O–H groups in total. The Hall–Kier alpha value is -3.44. The minimum atomic E-state index is -4.08. The van der Waals surface area contributed by atoms with E-state index in [1.165, 1.54) is 30.1 Å². The highest BCUT2D eigenvalue weighted by Gasteiger charge is 2.27. The van der Waals surface area contributed by atoms with Gasteiger partial charge in [0.2, 0.25) is 0 Å². The molecule has 3 aromatic carbocycles. The van der Waals surface area contributed by atoms with Crippen LogP contribution < -0.4 is 14.5 Å². The predicted molar refractivity (Wildman–Crippen MR) is 171 cm³/mol. The number of rotatable bonds is 11. The number of benzene rings is 3. The molecule has 4 rings (SSSR count). The number of hydrogen-bond donors (Lipinski definition) is 1. The molecule has 0 spiro atoms. The van der Waals surface area contributed by atoms with Gasteiger partial charge in [-0.25, -0.2) is 13.8 Å². The Balaban J connectivity index is 1.57. The Labute approximate surface area is 260 Å². The zero-order chi connectivity index (χ0) is 30.4. The molecule has 0 aliphatic rings. The van der Waals surface area contributed by atoms with E-state index in [0.717, 1.165) is 31.8 Å². The SMILES string of the molecule is CCOc1ccc(N(CC(=O)N/N=C\c2cc(C)n(-c3ccc(Cl)cc3Cl)c2C)S(=O)(=O)c2ccc(SC)cc2)cc1. The lowest BCUT2D eigenvalue weighted by Crippen LogP contribution is -2.39.